The third-order valence-electron chi connectivity index (χ3n) is 5.43. The van der Waals surface area contributed by atoms with Gasteiger partial charge in [0, 0.05) is 18.7 Å². The van der Waals surface area contributed by atoms with Crippen molar-refractivity contribution in [2.24, 2.45) is 0 Å². The fourth-order valence-electron chi connectivity index (χ4n) is 3.97. The molecular weight excluding hydrogens is 340 g/mol. The van der Waals surface area contributed by atoms with Crippen LogP contribution < -0.4 is 4.90 Å². The number of benzene rings is 1. The van der Waals surface area contributed by atoms with Gasteiger partial charge in [-0.3, -0.25) is 14.5 Å². The number of H-pyrrole nitrogens is 1. The van der Waals surface area contributed by atoms with Crippen molar-refractivity contribution < 1.29 is 9.59 Å². The van der Waals surface area contributed by atoms with Crippen LogP contribution in [0, 0.1) is 0 Å². The number of aromatic amines is 1. The van der Waals surface area contributed by atoms with E-state index in [0.29, 0.717) is 23.6 Å². The van der Waals surface area contributed by atoms with Gasteiger partial charge in [0.05, 0.1) is 17.6 Å². The molecule has 2 amide bonds. The van der Waals surface area contributed by atoms with Crippen molar-refractivity contribution in [3.63, 3.8) is 0 Å². The lowest BCUT2D eigenvalue weighted by atomic mass is 10.1. The molecule has 0 atom stereocenters. The van der Waals surface area contributed by atoms with Gasteiger partial charge < -0.3 is 9.88 Å². The molecule has 6 nitrogen and oxygen atoms in total. The summed E-state index contributed by atoms with van der Waals surface area (Å²) >= 11 is 0. The summed E-state index contributed by atoms with van der Waals surface area (Å²) in [4.78, 5) is 36.8. The summed E-state index contributed by atoms with van der Waals surface area (Å²) < 4.78 is 0. The maximum Gasteiger partial charge on any atom is 0.270 e. The summed E-state index contributed by atoms with van der Waals surface area (Å²) in [5.41, 5.74) is 3.82. The minimum absolute atomic E-state index is 0.0268. The van der Waals surface area contributed by atoms with Gasteiger partial charge in [0.1, 0.15) is 11.5 Å². The Morgan fingerprint density at radius 3 is 2.67 bits per heavy atom. The van der Waals surface area contributed by atoms with Crippen molar-refractivity contribution in [1.29, 1.82) is 0 Å². The van der Waals surface area contributed by atoms with E-state index in [-0.39, 0.29) is 11.8 Å². The van der Waals surface area contributed by atoms with Crippen LogP contribution in [0.15, 0.2) is 42.5 Å². The zero-order chi connectivity index (χ0) is 18.4. The molecule has 6 heteroatoms. The standard InChI is InChI=1S/C21H20N4O2/c26-20-15-7-3-2-6-14(15)13-25(20)19-9-8-16-17(23-19)12-18(22-16)21(27)24-10-4-1-5-11-24/h2-3,6-9,12,22H,1,4-5,10-11,13H2. The van der Waals surface area contributed by atoms with E-state index in [2.05, 4.69) is 9.97 Å². The molecule has 0 bridgehead atoms. The average molecular weight is 360 g/mol. The topological polar surface area (TPSA) is 69.3 Å². The molecule has 0 aliphatic carbocycles. The number of carbonyl (C=O) groups is 2. The van der Waals surface area contributed by atoms with Gasteiger partial charge >= 0.3 is 0 Å². The number of nitrogens with one attached hydrogen (secondary N) is 1. The van der Waals surface area contributed by atoms with Crippen molar-refractivity contribution in [2.75, 3.05) is 18.0 Å². The Balaban J connectivity index is 1.45. The van der Waals surface area contributed by atoms with Crippen LogP contribution in [0.2, 0.25) is 0 Å². The van der Waals surface area contributed by atoms with Gasteiger partial charge in [0.15, 0.2) is 0 Å². The first kappa shape index (κ1) is 16.1. The largest absolute Gasteiger partial charge is 0.349 e. The molecule has 27 heavy (non-hydrogen) atoms. The van der Waals surface area contributed by atoms with Gasteiger partial charge in [-0.25, -0.2) is 4.98 Å². The molecule has 136 valence electrons. The highest BCUT2D eigenvalue weighted by molar-refractivity contribution is 6.10. The molecule has 2 aliphatic heterocycles. The van der Waals surface area contributed by atoms with E-state index in [4.69, 9.17) is 0 Å². The Hall–Kier alpha value is -3.15. The number of amides is 2. The fraction of sp³-hybridized carbons (Fsp3) is 0.286. The first-order chi connectivity index (χ1) is 13.2. The van der Waals surface area contributed by atoms with Crippen LogP contribution in [-0.4, -0.2) is 39.8 Å². The third-order valence-corrected chi connectivity index (χ3v) is 5.43. The van der Waals surface area contributed by atoms with Gasteiger partial charge in [-0.15, -0.1) is 0 Å². The number of hydrogen-bond acceptors (Lipinski definition) is 3. The summed E-state index contributed by atoms with van der Waals surface area (Å²) in [5.74, 6) is 0.608. The zero-order valence-electron chi connectivity index (χ0n) is 14.9. The smallest absolute Gasteiger partial charge is 0.270 e. The van der Waals surface area contributed by atoms with Crippen molar-refractivity contribution in [1.82, 2.24) is 14.9 Å². The minimum Gasteiger partial charge on any atom is -0.349 e. The summed E-state index contributed by atoms with van der Waals surface area (Å²) in [5, 5.41) is 0. The Labute approximate surface area is 156 Å². The van der Waals surface area contributed by atoms with Crippen LogP contribution in [0.1, 0.15) is 45.7 Å². The van der Waals surface area contributed by atoms with E-state index < -0.39 is 0 Å². The van der Waals surface area contributed by atoms with Crippen molar-refractivity contribution in [3.05, 3.63) is 59.3 Å². The number of rotatable bonds is 2. The Bertz CT molecular complexity index is 1050. The number of anilines is 1. The van der Waals surface area contributed by atoms with Crippen LogP contribution in [0.5, 0.6) is 0 Å². The van der Waals surface area contributed by atoms with Crippen LogP contribution in [0.4, 0.5) is 5.82 Å². The molecule has 0 saturated carbocycles. The quantitative estimate of drug-likeness (QED) is 0.762. The first-order valence-corrected chi connectivity index (χ1v) is 9.39. The molecule has 3 aromatic rings. The molecule has 5 rings (SSSR count). The van der Waals surface area contributed by atoms with Gasteiger partial charge in [0.25, 0.3) is 11.8 Å². The van der Waals surface area contributed by atoms with E-state index >= 15 is 0 Å². The minimum atomic E-state index is -0.0300. The van der Waals surface area contributed by atoms with E-state index in [1.807, 2.05) is 41.3 Å². The van der Waals surface area contributed by atoms with Gasteiger partial charge in [0.2, 0.25) is 0 Å². The van der Waals surface area contributed by atoms with E-state index in [0.717, 1.165) is 42.6 Å². The second-order valence-electron chi connectivity index (χ2n) is 7.19. The number of piperidine rings is 1. The SMILES string of the molecule is O=C(c1cc2nc(N3Cc4ccccc4C3=O)ccc2[nH]1)N1CCCCC1. The highest BCUT2D eigenvalue weighted by Gasteiger charge is 2.29. The third kappa shape index (κ3) is 2.68. The number of likely N-dealkylation sites (tertiary alicyclic amines) is 1. The summed E-state index contributed by atoms with van der Waals surface area (Å²) in [6, 6.07) is 13.2. The molecule has 0 unspecified atom stereocenters. The van der Waals surface area contributed by atoms with Crippen LogP contribution in [-0.2, 0) is 6.54 Å². The van der Waals surface area contributed by atoms with E-state index in [9.17, 15) is 9.59 Å². The van der Waals surface area contributed by atoms with Crippen LogP contribution in [0.3, 0.4) is 0 Å². The molecule has 0 spiro atoms. The monoisotopic (exact) mass is 360 g/mol. The van der Waals surface area contributed by atoms with Gasteiger partial charge in [-0.2, -0.15) is 0 Å². The molecule has 2 aromatic heterocycles. The lowest BCUT2D eigenvalue weighted by Gasteiger charge is -2.26. The van der Waals surface area contributed by atoms with E-state index in [1.165, 1.54) is 6.42 Å². The number of pyridine rings is 1. The molecule has 1 fully saturated rings. The normalized spacial score (nSPS) is 16.8. The highest BCUT2D eigenvalue weighted by atomic mass is 16.2. The second kappa shape index (κ2) is 6.23. The van der Waals surface area contributed by atoms with Gasteiger partial charge in [-0.05, 0) is 49.1 Å². The molecule has 4 heterocycles. The molecule has 0 radical (unpaired) electrons. The Kier molecular flexibility index (Phi) is 3.70. The van der Waals surface area contributed by atoms with Gasteiger partial charge in [-0.1, -0.05) is 18.2 Å². The summed E-state index contributed by atoms with van der Waals surface area (Å²) in [6.07, 6.45) is 3.31. The maximum absolute atomic E-state index is 12.7. The number of carbonyl (C=O) groups excluding carboxylic acids is 2. The summed E-state index contributed by atoms with van der Waals surface area (Å²) in [7, 11) is 0. The summed E-state index contributed by atoms with van der Waals surface area (Å²) in [6.45, 7) is 2.15. The lowest BCUT2D eigenvalue weighted by Crippen LogP contribution is -2.35. The van der Waals surface area contributed by atoms with Crippen LogP contribution >= 0.6 is 0 Å². The maximum atomic E-state index is 12.7. The molecule has 2 aliphatic rings. The van der Waals surface area contributed by atoms with E-state index in [1.54, 1.807) is 11.0 Å². The van der Waals surface area contributed by atoms with Crippen molar-refractivity contribution >= 4 is 28.7 Å². The van der Waals surface area contributed by atoms with Crippen LogP contribution in [0.25, 0.3) is 11.0 Å². The predicted octanol–water partition coefficient (Wildman–Crippen LogP) is 3.35. The van der Waals surface area contributed by atoms with Crippen molar-refractivity contribution in [2.45, 2.75) is 25.8 Å². The molecular formula is C21H20N4O2. The molecule has 1 N–H and O–H groups in total. The Morgan fingerprint density at radius 1 is 1.04 bits per heavy atom. The zero-order valence-corrected chi connectivity index (χ0v) is 14.9. The number of fused-ring (bicyclic) bond motifs is 2. The first-order valence-electron chi connectivity index (χ1n) is 9.39. The average Bonchev–Trinajstić information content (AvgIpc) is 3.29. The number of hydrogen-bond donors (Lipinski definition) is 1. The lowest BCUT2D eigenvalue weighted by molar-refractivity contribution is 0.0719. The predicted molar refractivity (Wildman–Crippen MR) is 103 cm³/mol. The van der Waals surface area contributed by atoms with Crippen molar-refractivity contribution in [3.8, 4) is 0 Å². The molecule has 1 aromatic carbocycles. The second-order valence-corrected chi connectivity index (χ2v) is 7.19. The Morgan fingerprint density at radius 2 is 1.85 bits per heavy atom. The number of aromatic nitrogens is 2. The fourth-order valence-corrected chi connectivity index (χ4v) is 3.97. The highest BCUT2D eigenvalue weighted by Crippen LogP contribution is 2.28. The number of nitrogens with zero attached hydrogens (tertiary/aromatic N) is 3. The molecule has 1 saturated heterocycles.